The van der Waals surface area contributed by atoms with Crippen LogP contribution in [0.3, 0.4) is 0 Å². The number of nitrogens with one attached hydrogen (secondary N) is 1. The van der Waals surface area contributed by atoms with Crippen molar-refractivity contribution in [1.29, 1.82) is 0 Å². The molecule has 0 unspecified atom stereocenters. The van der Waals surface area contributed by atoms with Gasteiger partial charge in [-0.15, -0.1) is 0 Å². The molecule has 0 radical (unpaired) electrons. The summed E-state index contributed by atoms with van der Waals surface area (Å²) < 4.78 is 38.3. The van der Waals surface area contributed by atoms with Gasteiger partial charge in [0, 0.05) is 22.1 Å². The van der Waals surface area contributed by atoms with Crippen LogP contribution >= 0.6 is 15.9 Å². The molecule has 0 atom stereocenters. The highest BCUT2D eigenvalue weighted by atomic mass is 79.9. The van der Waals surface area contributed by atoms with E-state index in [4.69, 9.17) is 5.73 Å². The van der Waals surface area contributed by atoms with E-state index >= 15 is 0 Å². The monoisotopic (exact) mass is 350 g/mol. The molecule has 110 valence electrons. The van der Waals surface area contributed by atoms with Crippen molar-refractivity contribution in [3.63, 3.8) is 0 Å². The topological polar surface area (TPSA) is 55.1 Å². The molecule has 3 nitrogen and oxygen atoms in total. The summed E-state index contributed by atoms with van der Waals surface area (Å²) in [5.41, 5.74) is 4.74. The van der Waals surface area contributed by atoms with Gasteiger partial charge >= 0.3 is 6.18 Å². The van der Waals surface area contributed by atoms with E-state index < -0.39 is 17.3 Å². The zero-order valence-corrected chi connectivity index (χ0v) is 12.1. The minimum absolute atomic E-state index is 0.111. The molecule has 0 heterocycles. The number of hydrogen-bond donors (Lipinski definition) is 2. The number of halogens is 4. The first-order chi connectivity index (χ1) is 9.18. The van der Waals surface area contributed by atoms with Crippen LogP contribution in [0, 0.1) is 0 Å². The van der Waals surface area contributed by atoms with Gasteiger partial charge < -0.3 is 11.1 Å². The highest BCUT2D eigenvalue weighted by Crippen LogP contribution is 2.34. The number of rotatable bonds is 3. The zero-order valence-electron chi connectivity index (χ0n) is 10.6. The number of carbonyl (C=O) groups excluding carboxylic acids is 1. The maximum atomic E-state index is 12.7. The van der Waals surface area contributed by atoms with Crippen LogP contribution in [-0.2, 0) is 11.0 Å². The normalized spacial score (nSPS) is 17.4. The van der Waals surface area contributed by atoms with Gasteiger partial charge in [-0.1, -0.05) is 15.9 Å². The van der Waals surface area contributed by atoms with Crippen LogP contribution < -0.4 is 11.1 Å². The zero-order chi connectivity index (χ0) is 15.0. The van der Waals surface area contributed by atoms with Crippen molar-refractivity contribution in [3.8, 4) is 0 Å². The highest BCUT2D eigenvalue weighted by molar-refractivity contribution is 9.10. The van der Waals surface area contributed by atoms with E-state index in [1.807, 2.05) is 0 Å². The Morgan fingerprint density at radius 2 is 2.00 bits per heavy atom. The molecule has 1 amide bonds. The molecule has 1 fully saturated rings. The Balaban J connectivity index is 2.09. The van der Waals surface area contributed by atoms with E-state index in [2.05, 4.69) is 21.2 Å². The second kappa shape index (κ2) is 5.37. The lowest BCUT2D eigenvalue weighted by Gasteiger charge is -2.37. The van der Waals surface area contributed by atoms with Gasteiger partial charge in [-0.05, 0) is 37.5 Å². The lowest BCUT2D eigenvalue weighted by molar-refractivity contribution is -0.137. The second-order valence-corrected chi connectivity index (χ2v) is 6.08. The smallest absolute Gasteiger partial charge is 0.326 e. The van der Waals surface area contributed by atoms with Gasteiger partial charge in [0.2, 0.25) is 5.91 Å². The van der Waals surface area contributed by atoms with E-state index in [-0.39, 0.29) is 22.5 Å². The molecule has 1 aliphatic carbocycles. The summed E-state index contributed by atoms with van der Waals surface area (Å²) in [6, 6.07) is 3.30. The number of alkyl halides is 3. The third kappa shape index (κ3) is 3.73. The SMILES string of the molecule is NC1(CC(=O)Nc2cc(Br)cc(C(F)(F)F)c2)CCC1. The molecular formula is C13H14BrF3N2O. The first-order valence-corrected chi connectivity index (χ1v) is 6.94. The second-order valence-electron chi connectivity index (χ2n) is 5.17. The number of amides is 1. The Hall–Kier alpha value is -1.08. The predicted octanol–water partition coefficient (Wildman–Crippen LogP) is 3.68. The van der Waals surface area contributed by atoms with Gasteiger partial charge in [-0.25, -0.2) is 0 Å². The largest absolute Gasteiger partial charge is 0.416 e. The molecular weight excluding hydrogens is 337 g/mol. The molecule has 0 aliphatic heterocycles. The van der Waals surface area contributed by atoms with Crippen LogP contribution in [-0.4, -0.2) is 11.4 Å². The molecule has 3 N–H and O–H groups in total. The first kappa shape index (κ1) is 15.3. The lowest BCUT2D eigenvalue weighted by atomic mass is 9.75. The van der Waals surface area contributed by atoms with Crippen LogP contribution in [0.25, 0.3) is 0 Å². The average Bonchev–Trinajstić information content (AvgIpc) is 2.24. The summed E-state index contributed by atoms with van der Waals surface area (Å²) in [7, 11) is 0. The third-order valence-corrected chi connectivity index (χ3v) is 3.83. The molecule has 0 aromatic heterocycles. The van der Waals surface area contributed by atoms with Crippen molar-refractivity contribution < 1.29 is 18.0 Å². The van der Waals surface area contributed by atoms with Crippen molar-refractivity contribution in [2.75, 3.05) is 5.32 Å². The lowest BCUT2D eigenvalue weighted by Crippen LogP contribution is -2.48. The maximum absolute atomic E-state index is 12.7. The number of benzene rings is 1. The Bertz CT molecular complexity index is 527. The van der Waals surface area contributed by atoms with Crippen LogP contribution in [0.2, 0.25) is 0 Å². The predicted molar refractivity (Wildman–Crippen MR) is 73.2 cm³/mol. The molecule has 1 saturated carbocycles. The van der Waals surface area contributed by atoms with E-state index in [1.54, 1.807) is 0 Å². The van der Waals surface area contributed by atoms with Gasteiger partial charge in [-0.2, -0.15) is 13.2 Å². The summed E-state index contributed by atoms with van der Waals surface area (Å²) in [4.78, 5) is 11.8. The minimum Gasteiger partial charge on any atom is -0.326 e. The fourth-order valence-electron chi connectivity index (χ4n) is 2.16. The van der Waals surface area contributed by atoms with Crippen molar-refractivity contribution >= 4 is 27.5 Å². The minimum atomic E-state index is -4.45. The summed E-state index contributed by atoms with van der Waals surface area (Å²) in [5, 5.41) is 2.47. The van der Waals surface area contributed by atoms with Crippen molar-refractivity contribution in [2.24, 2.45) is 5.73 Å². The fourth-order valence-corrected chi connectivity index (χ4v) is 2.65. The maximum Gasteiger partial charge on any atom is 0.416 e. The fraction of sp³-hybridized carbons (Fsp3) is 0.462. The van der Waals surface area contributed by atoms with E-state index in [9.17, 15) is 18.0 Å². The Morgan fingerprint density at radius 1 is 1.35 bits per heavy atom. The number of nitrogens with two attached hydrogens (primary N) is 1. The van der Waals surface area contributed by atoms with Crippen LogP contribution in [0.1, 0.15) is 31.2 Å². The third-order valence-electron chi connectivity index (χ3n) is 3.37. The average molecular weight is 351 g/mol. The Labute approximate surface area is 122 Å². The first-order valence-electron chi connectivity index (χ1n) is 6.14. The number of anilines is 1. The summed E-state index contributed by atoms with van der Waals surface area (Å²) in [6.45, 7) is 0. The van der Waals surface area contributed by atoms with Crippen LogP contribution in [0.15, 0.2) is 22.7 Å². The van der Waals surface area contributed by atoms with E-state index in [0.717, 1.165) is 31.4 Å². The van der Waals surface area contributed by atoms with Crippen LogP contribution in [0.5, 0.6) is 0 Å². The summed E-state index contributed by atoms with van der Waals surface area (Å²) >= 11 is 3.01. The molecule has 1 aromatic carbocycles. The number of hydrogen-bond acceptors (Lipinski definition) is 2. The van der Waals surface area contributed by atoms with Crippen molar-refractivity contribution in [3.05, 3.63) is 28.2 Å². The molecule has 1 aromatic rings. The molecule has 0 saturated heterocycles. The molecule has 0 bridgehead atoms. The Kier molecular flexibility index (Phi) is 4.11. The van der Waals surface area contributed by atoms with Gasteiger partial charge in [-0.3, -0.25) is 4.79 Å². The highest BCUT2D eigenvalue weighted by Gasteiger charge is 2.35. The molecule has 1 aliphatic rings. The van der Waals surface area contributed by atoms with E-state index in [1.165, 1.54) is 6.07 Å². The molecule has 2 rings (SSSR count). The van der Waals surface area contributed by atoms with Crippen molar-refractivity contribution in [2.45, 2.75) is 37.4 Å². The summed E-state index contributed by atoms with van der Waals surface area (Å²) in [6.07, 6.45) is -1.80. The van der Waals surface area contributed by atoms with Gasteiger partial charge in [0.25, 0.3) is 0 Å². The van der Waals surface area contributed by atoms with Gasteiger partial charge in [0.15, 0.2) is 0 Å². The molecule has 20 heavy (non-hydrogen) atoms. The van der Waals surface area contributed by atoms with Crippen LogP contribution in [0.4, 0.5) is 18.9 Å². The number of carbonyl (C=O) groups is 1. The Morgan fingerprint density at radius 3 is 2.50 bits per heavy atom. The standard InChI is InChI=1S/C13H14BrF3N2O/c14-9-4-8(13(15,16)17)5-10(6-9)19-11(20)7-12(18)2-1-3-12/h4-6H,1-3,7,18H2,(H,19,20). The summed E-state index contributed by atoms with van der Waals surface area (Å²) in [5.74, 6) is -0.363. The quantitative estimate of drug-likeness (QED) is 0.873. The molecule has 0 spiro atoms. The molecule has 7 heteroatoms. The van der Waals surface area contributed by atoms with Gasteiger partial charge in [0.1, 0.15) is 0 Å². The van der Waals surface area contributed by atoms with E-state index in [0.29, 0.717) is 0 Å². The van der Waals surface area contributed by atoms with Gasteiger partial charge in [0.05, 0.1) is 5.56 Å². The van der Waals surface area contributed by atoms with Crippen molar-refractivity contribution in [1.82, 2.24) is 0 Å².